The summed E-state index contributed by atoms with van der Waals surface area (Å²) in [5.41, 5.74) is 0. The Labute approximate surface area is 222 Å². The van der Waals surface area contributed by atoms with Gasteiger partial charge in [0.1, 0.15) is 0 Å². The number of thiocarbonyl (C=S) groups is 2. The van der Waals surface area contributed by atoms with E-state index in [4.69, 9.17) is 24.4 Å². The summed E-state index contributed by atoms with van der Waals surface area (Å²) in [6.07, 6.45) is 25.0. The third kappa shape index (κ3) is 21.9. The lowest BCUT2D eigenvalue weighted by molar-refractivity contribution is 0.315. The van der Waals surface area contributed by atoms with Crippen LogP contribution in [0, 0.1) is 0 Å². The van der Waals surface area contributed by atoms with E-state index in [0.717, 1.165) is 64.7 Å². The summed E-state index contributed by atoms with van der Waals surface area (Å²) in [4.78, 5) is 3.92. The van der Waals surface area contributed by atoms with Gasteiger partial charge >= 0.3 is 0 Å². The van der Waals surface area contributed by atoms with Gasteiger partial charge in [-0.1, -0.05) is 117 Å². The molecule has 0 saturated carbocycles. The molecule has 0 spiro atoms. The first-order valence-electron chi connectivity index (χ1n) is 14.5. The van der Waals surface area contributed by atoms with E-state index in [2.05, 4.69) is 13.8 Å². The molecular formula is C28H56N2O2S2. The maximum absolute atomic E-state index is 9.83. The fraction of sp³-hybridized carbons (Fsp3) is 0.929. The van der Waals surface area contributed by atoms with Crippen LogP contribution in [0.1, 0.15) is 142 Å². The van der Waals surface area contributed by atoms with Gasteiger partial charge in [-0.05, 0) is 50.1 Å². The summed E-state index contributed by atoms with van der Waals surface area (Å²) in [5, 5.41) is 19.8. The fourth-order valence-electron chi connectivity index (χ4n) is 4.44. The topological polar surface area (TPSA) is 46.9 Å². The second-order valence-corrected chi connectivity index (χ2v) is 10.6. The third-order valence-electron chi connectivity index (χ3n) is 6.71. The molecule has 0 fully saturated rings. The summed E-state index contributed by atoms with van der Waals surface area (Å²) in [7, 11) is 0. The highest BCUT2D eigenvalue weighted by molar-refractivity contribution is 7.80. The standard InChI is InChI=1S/C28H56N2O2S2/c1-3-5-7-9-11-13-15-19-23-29(27(31)33)25-21-17-18-22-26-30(28(32)34)24-20-16-14-12-10-8-6-4-2/h3-26H2,1-2H3,(H,31,33)(H,32,34). The van der Waals surface area contributed by atoms with Crippen LogP contribution in [-0.4, -0.2) is 56.5 Å². The number of nitrogens with zero attached hydrogens (tertiary/aromatic N) is 2. The predicted molar refractivity (Wildman–Crippen MR) is 157 cm³/mol. The lowest BCUT2D eigenvalue weighted by Crippen LogP contribution is -2.32. The maximum atomic E-state index is 9.83. The average molecular weight is 517 g/mol. The Morgan fingerprint density at radius 2 is 0.618 bits per heavy atom. The van der Waals surface area contributed by atoms with E-state index < -0.39 is 0 Å². The number of aliphatic hydroxyl groups excluding tert-OH is 2. The van der Waals surface area contributed by atoms with E-state index in [1.54, 1.807) is 0 Å². The van der Waals surface area contributed by atoms with E-state index in [0.29, 0.717) is 0 Å². The Morgan fingerprint density at radius 3 is 0.824 bits per heavy atom. The second kappa shape index (κ2) is 25.5. The number of aliphatic hydroxyl groups is 2. The number of hydrogen-bond donors (Lipinski definition) is 2. The largest absolute Gasteiger partial charge is 0.487 e. The van der Waals surface area contributed by atoms with E-state index in [1.165, 1.54) is 89.9 Å². The second-order valence-electron chi connectivity index (χ2n) is 9.90. The monoisotopic (exact) mass is 516 g/mol. The van der Waals surface area contributed by atoms with Gasteiger partial charge in [0.15, 0.2) is 0 Å². The molecule has 0 rings (SSSR count). The molecule has 202 valence electrons. The van der Waals surface area contributed by atoms with Crippen LogP contribution in [0.25, 0.3) is 0 Å². The van der Waals surface area contributed by atoms with Gasteiger partial charge in [-0.2, -0.15) is 0 Å². The molecule has 0 heterocycles. The summed E-state index contributed by atoms with van der Waals surface area (Å²) in [5.74, 6) is 0. The minimum atomic E-state index is 0.0464. The number of unbranched alkanes of at least 4 members (excludes halogenated alkanes) is 17. The van der Waals surface area contributed by atoms with E-state index in [1.807, 2.05) is 9.80 Å². The molecule has 0 aromatic carbocycles. The Morgan fingerprint density at radius 1 is 0.412 bits per heavy atom. The Balaban J connectivity index is 3.78. The van der Waals surface area contributed by atoms with E-state index in [9.17, 15) is 10.2 Å². The van der Waals surface area contributed by atoms with Gasteiger partial charge < -0.3 is 20.0 Å². The zero-order valence-corrected chi connectivity index (χ0v) is 24.2. The minimum Gasteiger partial charge on any atom is -0.487 e. The molecule has 2 N–H and O–H groups in total. The van der Waals surface area contributed by atoms with Crippen molar-refractivity contribution in [2.75, 3.05) is 26.2 Å². The Bertz CT molecular complexity index is 435. The first kappa shape index (κ1) is 33.4. The van der Waals surface area contributed by atoms with Crippen LogP contribution in [0.2, 0.25) is 0 Å². The van der Waals surface area contributed by atoms with Gasteiger partial charge in [-0.3, -0.25) is 0 Å². The van der Waals surface area contributed by atoms with Crippen LogP contribution >= 0.6 is 24.4 Å². The summed E-state index contributed by atoms with van der Waals surface area (Å²) in [6, 6.07) is 0. The zero-order chi connectivity index (χ0) is 25.3. The van der Waals surface area contributed by atoms with Crippen LogP contribution in [0.4, 0.5) is 0 Å². The molecule has 0 aliphatic carbocycles. The molecule has 34 heavy (non-hydrogen) atoms. The van der Waals surface area contributed by atoms with Crippen molar-refractivity contribution in [2.24, 2.45) is 0 Å². The molecule has 0 aliphatic rings. The van der Waals surface area contributed by atoms with Crippen LogP contribution < -0.4 is 0 Å². The van der Waals surface area contributed by atoms with Gasteiger partial charge in [0.2, 0.25) is 0 Å². The summed E-state index contributed by atoms with van der Waals surface area (Å²) < 4.78 is 0. The normalized spacial score (nSPS) is 11.0. The fourth-order valence-corrected chi connectivity index (χ4v) is 4.80. The van der Waals surface area contributed by atoms with Crippen molar-refractivity contribution < 1.29 is 10.2 Å². The first-order chi connectivity index (χ1) is 16.5. The van der Waals surface area contributed by atoms with Crippen molar-refractivity contribution >= 4 is 34.8 Å². The predicted octanol–water partition coefficient (Wildman–Crippen LogP) is 9.12. The van der Waals surface area contributed by atoms with E-state index >= 15 is 0 Å². The molecule has 0 atom stereocenters. The number of rotatable bonds is 25. The summed E-state index contributed by atoms with van der Waals surface area (Å²) >= 11 is 10.1. The van der Waals surface area contributed by atoms with Crippen molar-refractivity contribution in [3.05, 3.63) is 0 Å². The summed E-state index contributed by atoms with van der Waals surface area (Å²) in [6.45, 7) is 7.93. The van der Waals surface area contributed by atoms with Crippen LogP contribution in [-0.2, 0) is 0 Å². The highest BCUT2D eigenvalue weighted by Gasteiger charge is 2.09. The van der Waals surface area contributed by atoms with Gasteiger partial charge in [0.25, 0.3) is 10.3 Å². The zero-order valence-electron chi connectivity index (χ0n) is 22.6. The van der Waals surface area contributed by atoms with Crippen molar-refractivity contribution in [3.63, 3.8) is 0 Å². The molecule has 4 nitrogen and oxygen atoms in total. The van der Waals surface area contributed by atoms with Crippen LogP contribution in [0.5, 0.6) is 0 Å². The Hall–Kier alpha value is -0.620. The van der Waals surface area contributed by atoms with Gasteiger partial charge in [-0.15, -0.1) is 0 Å². The smallest absolute Gasteiger partial charge is 0.256 e. The minimum absolute atomic E-state index is 0.0464. The van der Waals surface area contributed by atoms with Crippen LogP contribution in [0.3, 0.4) is 0 Å². The quantitative estimate of drug-likeness (QED) is 0.0931. The molecule has 0 saturated heterocycles. The highest BCUT2D eigenvalue weighted by atomic mass is 32.1. The number of hydrogen-bond acceptors (Lipinski definition) is 2. The molecule has 0 aromatic heterocycles. The van der Waals surface area contributed by atoms with Crippen LogP contribution in [0.15, 0.2) is 0 Å². The molecule has 0 amide bonds. The maximum Gasteiger partial charge on any atom is 0.256 e. The van der Waals surface area contributed by atoms with Crippen molar-refractivity contribution in [1.29, 1.82) is 0 Å². The first-order valence-corrected chi connectivity index (χ1v) is 15.3. The van der Waals surface area contributed by atoms with Crippen molar-refractivity contribution in [2.45, 2.75) is 142 Å². The average Bonchev–Trinajstić information content (AvgIpc) is 2.81. The molecule has 0 radical (unpaired) electrons. The molecule has 0 aliphatic heterocycles. The molecular weight excluding hydrogens is 460 g/mol. The van der Waals surface area contributed by atoms with Gasteiger partial charge in [-0.25, -0.2) is 0 Å². The lowest BCUT2D eigenvalue weighted by atomic mass is 10.1. The lowest BCUT2D eigenvalue weighted by Gasteiger charge is -2.22. The molecule has 0 bridgehead atoms. The highest BCUT2D eigenvalue weighted by Crippen LogP contribution is 2.12. The molecule has 0 unspecified atom stereocenters. The molecule has 0 aromatic rings. The van der Waals surface area contributed by atoms with E-state index in [-0.39, 0.29) is 10.3 Å². The van der Waals surface area contributed by atoms with Crippen molar-refractivity contribution in [1.82, 2.24) is 9.80 Å². The third-order valence-corrected chi connectivity index (χ3v) is 7.23. The Kier molecular flexibility index (Phi) is 25.0. The van der Waals surface area contributed by atoms with Crippen molar-refractivity contribution in [3.8, 4) is 0 Å². The molecule has 6 heteroatoms. The van der Waals surface area contributed by atoms with Gasteiger partial charge in [0.05, 0.1) is 0 Å². The van der Waals surface area contributed by atoms with Gasteiger partial charge in [0, 0.05) is 26.2 Å². The SMILES string of the molecule is CCCCCCCCCCN(CCCCCCN(CCCCCCCCCC)C(O)=S)C(O)=S.